The molecule has 2 fully saturated rings. The predicted molar refractivity (Wildman–Crippen MR) is 123 cm³/mol. The number of ether oxygens (including phenoxy) is 2. The molecule has 18 nitrogen and oxygen atoms in total. The van der Waals surface area contributed by atoms with Gasteiger partial charge in [0, 0.05) is 18.0 Å². The molecule has 0 saturated carbocycles. The van der Waals surface area contributed by atoms with Crippen LogP contribution in [0.25, 0.3) is 0 Å². The number of hydrogen-bond donors (Lipinski definition) is 6. The topological polar surface area (TPSA) is 282 Å². The molecule has 0 radical (unpaired) electrons. The van der Waals surface area contributed by atoms with Crippen LogP contribution in [0, 0.1) is 0 Å². The zero-order valence-corrected chi connectivity index (χ0v) is 28.6. The SMILES string of the molecule is CSSC[C@H]1O[C@H](OP(=O)([O-])OP(=O)([O-])OC[C@H]2O[C@@H](n3ccc(=O)[nH]c3=O)[C@H](O)[C@@H]2O)[C@H](O)[C@@H](O)[C@H]1O.[Na+].[Na+]. The Labute approximate surface area is 277 Å². The first kappa shape index (κ1) is 39.4. The number of rotatable bonds is 11. The number of aliphatic hydroxyl groups excluding tert-OH is 5. The number of aromatic amines is 1. The van der Waals surface area contributed by atoms with E-state index in [0.29, 0.717) is 4.57 Å². The molecule has 0 amide bonds. The van der Waals surface area contributed by atoms with Gasteiger partial charge in [-0.2, -0.15) is 0 Å². The van der Waals surface area contributed by atoms with E-state index >= 15 is 0 Å². The van der Waals surface area contributed by atoms with Gasteiger partial charge in [-0.1, -0.05) is 21.6 Å². The van der Waals surface area contributed by atoms with Crippen LogP contribution in [0.15, 0.2) is 21.9 Å². The third-order valence-corrected chi connectivity index (χ3v) is 9.66. The molecular weight excluding hydrogens is 648 g/mol. The van der Waals surface area contributed by atoms with Crippen LogP contribution in [0.2, 0.25) is 0 Å². The molecule has 218 valence electrons. The normalized spacial score (nSPS) is 35.1. The van der Waals surface area contributed by atoms with Gasteiger partial charge >= 0.3 is 64.8 Å². The van der Waals surface area contributed by atoms with Crippen molar-refractivity contribution in [3.8, 4) is 0 Å². The van der Waals surface area contributed by atoms with Gasteiger partial charge in [-0.25, -0.2) is 9.11 Å². The van der Waals surface area contributed by atoms with E-state index in [2.05, 4.69) is 13.4 Å². The quantitative estimate of drug-likeness (QED) is 0.0723. The Balaban J connectivity index is 0.00000400. The molecule has 0 spiro atoms. The van der Waals surface area contributed by atoms with Crippen molar-refractivity contribution in [1.82, 2.24) is 9.55 Å². The average Bonchev–Trinajstić information content (AvgIpc) is 3.10. The van der Waals surface area contributed by atoms with E-state index in [4.69, 9.17) is 9.47 Å². The third-order valence-electron chi connectivity index (χ3n) is 5.31. The monoisotopic (exact) mass is 672 g/mol. The Morgan fingerprint density at radius 1 is 0.975 bits per heavy atom. The van der Waals surface area contributed by atoms with Gasteiger partial charge in [-0.15, -0.1) is 0 Å². The molecule has 2 aliphatic rings. The maximum atomic E-state index is 12.2. The number of nitrogens with one attached hydrogen (secondary N) is 1. The van der Waals surface area contributed by atoms with Gasteiger partial charge in [-0.05, 0) is 6.26 Å². The molecule has 2 unspecified atom stereocenters. The first-order chi connectivity index (χ1) is 17.7. The van der Waals surface area contributed by atoms with Gasteiger partial charge in [-0.3, -0.25) is 28.0 Å². The molecule has 11 atom stereocenters. The average molecular weight is 672 g/mol. The van der Waals surface area contributed by atoms with E-state index < -0.39 is 88.7 Å². The molecule has 0 bridgehead atoms. The van der Waals surface area contributed by atoms with Crippen LogP contribution >= 0.6 is 37.2 Å². The van der Waals surface area contributed by atoms with Gasteiger partial charge < -0.3 is 49.3 Å². The fraction of sp³-hybridized carbons (Fsp3) is 0.750. The molecule has 24 heteroatoms. The van der Waals surface area contributed by atoms with E-state index in [1.54, 1.807) is 6.26 Å². The second kappa shape index (κ2) is 16.6. The number of phosphoric acid groups is 2. The van der Waals surface area contributed by atoms with Crippen molar-refractivity contribution in [3.05, 3.63) is 33.1 Å². The van der Waals surface area contributed by atoms with Crippen LogP contribution < -0.4 is 80.2 Å². The molecule has 0 aromatic carbocycles. The summed E-state index contributed by atoms with van der Waals surface area (Å²) in [6.45, 7) is -1.09. The Hall–Kier alpha value is 1.36. The first-order valence-electron chi connectivity index (χ1n) is 10.5. The molecule has 40 heavy (non-hydrogen) atoms. The van der Waals surface area contributed by atoms with Gasteiger partial charge in [0.15, 0.2) is 12.5 Å². The molecule has 2 aliphatic heterocycles. The standard InChI is InChI=1S/C16H26N2O16P2S2.2Na/c1-37-38-5-7-10(21)11(22)13(24)15(32-7)33-36(28,29)34-35(26,27)30-4-6-9(20)12(23)14(31-6)18-3-2-8(19)17-16(18)25;;/h2-3,6-7,9-15,20-24H,4-5H2,1H3,(H,26,27)(H,28,29)(H,17,19,25);;/q;2*+1/p-2/t6-,7-,9-,10+,11+,12-,13-,14-,15-;;/m1../s1. The molecule has 3 rings (SSSR count). The summed E-state index contributed by atoms with van der Waals surface area (Å²) in [6.07, 6.45) is -13.0. The summed E-state index contributed by atoms with van der Waals surface area (Å²) in [4.78, 5) is 49.3. The minimum absolute atomic E-state index is 0. The van der Waals surface area contributed by atoms with Crippen molar-refractivity contribution in [2.45, 2.75) is 55.2 Å². The van der Waals surface area contributed by atoms with Crippen LogP contribution in [0.1, 0.15) is 6.23 Å². The van der Waals surface area contributed by atoms with Gasteiger partial charge in [0.25, 0.3) is 21.2 Å². The zero-order valence-electron chi connectivity index (χ0n) is 21.2. The second-order valence-corrected chi connectivity index (χ2v) is 13.4. The minimum atomic E-state index is -5.85. The summed E-state index contributed by atoms with van der Waals surface area (Å²) in [7, 11) is -9.17. The number of hydrogen-bond acceptors (Lipinski definition) is 18. The fourth-order valence-electron chi connectivity index (χ4n) is 3.46. The van der Waals surface area contributed by atoms with Crippen LogP contribution in [-0.4, -0.2) is 103 Å². The Kier molecular flexibility index (Phi) is 16.4. The van der Waals surface area contributed by atoms with Crippen molar-refractivity contribution in [1.29, 1.82) is 0 Å². The van der Waals surface area contributed by atoms with Gasteiger partial charge in [0.2, 0.25) is 0 Å². The van der Waals surface area contributed by atoms with Crippen molar-refractivity contribution in [3.63, 3.8) is 0 Å². The molecule has 6 N–H and O–H groups in total. The second-order valence-electron chi connectivity index (χ2n) is 7.91. The summed E-state index contributed by atoms with van der Waals surface area (Å²) < 4.78 is 48.2. The van der Waals surface area contributed by atoms with Crippen molar-refractivity contribution in [2.75, 3.05) is 18.6 Å². The van der Waals surface area contributed by atoms with Crippen LogP contribution in [0.5, 0.6) is 0 Å². The Morgan fingerprint density at radius 3 is 2.20 bits per heavy atom. The Bertz CT molecular complexity index is 1180. The largest absolute Gasteiger partial charge is 1.00 e. The number of phosphoric ester groups is 2. The van der Waals surface area contributed by atoms with E-state index in [1.165, 1.54) is 21.6 Å². The smallest absolute Gasteiger partial charge is 0.756 e. The molecule has 2 saturated heterocycles. The summed E-state index contributed by atoms with van der Waals surface area (Å²) in [5.41, 5.74) is -1.75. The fourth-order valence-corrected chi connectivity index (χ4v) is 6.90. The summed E-state index contributed by atoms with van der Waals surface area (Å²) >= 11 is 0. The van der Waals surface area contributed by atoms with E-state index in [9.17, 15) is 54.0 Å². The summed E-state index contributed by atoms with van der Waals surface area (Å²) in [5, 5.41) is 50.2. The number of H-pyrrole nitrogens is 1. The third kappa shape index (κ3) is 10.2. The zero-order chi connectivity index (χ0) is 28.4. The molecule has 1 aromatic rings. The maximum absolute atomic E-state index is 12.2. The maximum Gasteiger partial charge on any atom is 1.00 e. The molecule has 0 aliphatic carbocycles. The molecule has 3 heterocycles. The Morgan fingerprint density at radius 2 is 1.60 bits per heavy atom. The predicted octanol–water partition coefficient (Wildman–Crippen LogP) is -10.0. The first-order valence-corrected chi connectivity index (χ1v) is 16.2. The summed E-state index contributed by atoms with van der Waals surface area (Å²) in [6, 6.07) is 0.926. The molecular formula is C16H24N2Na2O16P2S2. The van der Waals surface area contributed by atoms with Gasteiger partial charge in [0.05, 0.1) is 12.7 Å². The van der Waals surface area contributed by atoms with Crippen molar-refractivity contribution < 1.29 is 126 Å². The van der Waals surface area contributed by atoms with E-state index in [1.807, 2.05) is 4.98 Å². The van der Waals surface area contributed by atoms with E-state index in [-0.39, 0.29) is 64.9 Å². The van der Waals surface area contributed by atoms with Crippen LogP contribution in [-0.2, 0) is 32.0 Å². The summed E-state index contributed by atoms with van der Waals surface area (Å²) in [5.74, 6) is 0.0426. The van der Waals surface area contributed by atoms with Crippen molar-refractivity contribution >= 4 is 37.2 Å². The van der Waals surface area contributed by atoms with Crippen molar-refractivity contribution in [2.24, 2.45) is 0 Å². The van der Waals surface area contributed by atoms with Gasteiger partial charge in [0.1, 0.15) is 36.6 Å². The number of aliphatic hydroxyl groups is 5. The van der Waals surface area contributed by atoms with E-state index in [0.717, 1.165) is 12.3 Å². The molecule has 1 aromatic heterocycles. The van der Waals surface area contributed by atoms with Crippen LogP contribution in [0.4, 0.5) is 0 Å². The number of nitrogens with zero attached hydrogens (tertiary/aromatic N) is 1. The minimum Gasteiger partial charge on any atom is -0.756 e. The number of aromatic nitrogens is 2. The van der Waals surface area contributed by atoms with Crippen LogP contribution in [0.3, 0.4) is 0 Å².